The fraction of sp³-hybridized carbons (Fsp3) is 0.591. The molecular weight excluding hydrogens is 853 g/mol. The fourth-order valence-electron chi connectivity index (χ4n) is 5.24. The first kappa shape index (κ1) is 41.9. The number of phosphoric ester groups is 2. The molecule has 6 rings (SSSR count). The van der Waals surface area contributed by atoms with E-state index >= 15 is 0 Å². The van der Waals surface area contributed by atoms with Crippen molar-refractivity contribution in [2.24, 2.45) is 5.73 Å². The monoisotopic (exact) mass is 879 g/mol. The number of hydrogen-bond acceptors (Lipinski definition) is 20. The van der Waals surface area contributed by atoms with Crippen LogP contribution in [0.3, 0.4) is 0 Å². The topological polar surface area (TPSA) is 311 Å². The summed E-state index contributed by atoms with van der Waals surface area (Å²) in [5, 5.41) is 22.8. The quantitative estimate of drug-likeness (QED) is 0.0602. The summed E-state index contributed by atoms with van der Waals surface area (Å²) in [5.41, 5.74) is 11.5. The van der Waals surface area contributed by atoms with Crippen molar-refractivity contribution in [1.82, 2.24) is 24.5 Å². The number of anilines is 1. The molecule has 10 atom stereocenters. The van der Waals surface area contributed by atoms with Gasteiger partial charge in [-0.15, -0.1) is 11.3 Å². The second-order valence-electron chi connectivity index (χ2n) is 10.9. The van der Waals surface area contributed by atoms with E-state index in [1.807, 2.05) is 22.6 Å². The molecule has 0 saturated carbocycles. The number of nitrogens with two attached hydrogens (primary N) is 2. The summed E-state index contributed by atoms with van der Waals surface area (Å²) < 4.78 is 63.5. The number of nitrogen functional groups attached to an aromatic ring is 1. The zero-order valence-corrected chi connectivity index (χ0v) is 34.8. The van der Waals surface area contributed by atoms with Gasteiger partial charge in [0.15, 0.2) is 27.3 Å². The molecule has 258 valence electrons. The van der Waals surface area contributed by atoms with E-state index in [-0.39, 0.29) is 85.6 Å². The number of rotatable bonds is 11. The molecule has 2 unspecified atom stereocenters. The van der Waals surface area contributed by atoms with Gasteiger partial charge in [-0.1, -0.05) is 0 Å². The van der Waals surface area contributed by atoms with Gasteiger partial charge in [0.1, 0.15) is 58.9 Å². The number of primary amides is 1. The van der Waals surface area contributed by atoms with Crippen LogP contribution in [0.25, 0.3) is 11.2 Å². The van der Waals surface area contributed by atoms with E-state index in [1.54, 1.807) is 13.8 Å². The van der Waals surface area contributed by atoms with Crippen LogP contribution in [0.1, 0.15) is 41.7 Å². The van der Waals surface area contributed by atoms with Gasteiger partial charge >= 0.3 is 59.1 Å². The fourth-order valence-corrected chi connectivity index (χ4v) is 8.62. The summed E-state index contributed by atoms with van der Waals surface area (Å²) in [5.74, 6) is -1.79. The number of nitrogens with zero attached hydrogens (tertiary/aromatic N) is 5. The smallest absolute Gasteiger partial charge is 0.756 e. The maximum Gasteiger partial charge on any atom is 1.00 e. The van der Waals surface area contributed by atoms with Gasteiger partial charge in [0.25, 0.3) is 21.6 Å². The van der Waals surface area contributed by atoms with Crippen LogP contribution in [-0.4, -0.2) is 96.2 Å². The molecule has 3 aromatic rings. The number of imidazole rings is 1. The van der Waals surface area contributed by atoms with Crippen LogP contribution in [0.15, 0.2) is 11.7 Å². The Labute approximate surface area is 338 Å². The van der Waals surface area contributed by atoms with Crippen LogP contribution < -0.4 is 80.4 Å². The van der Waals surface area contributed by atoms with Crippen molar-refractivity contribution in [2.75, 3.05) is 18.9 Å². The minimum Gasteiger partial charge on any atom is -0.756 e. The van der Waals surface area contributed by atoms with Gasteiger partial charge in [0.2, 0.25) is 0 Å². The molecule has 3 fully saturated rings. The Morgan fingerprint density at radius 1 is 1.06 bits per heavy atom. The minimum absolute atomic E-state index is 0. The predicted octanol–water partition coefficient (Wildman–Crippen LogP) is -7.16. The number of amides is 1. The first-order chi connectivity index (χ1) is 21.9. The van der Waals surface area contributed by atoms with Crippen molar-refractivity contribution in [2.45, 2.75) is 68.6 Å². The van der Waals surface area contributed by atoms with E-state index in [0.29, 0.717) is 5.01 Å². The van der Waals surface area contributed by atoms with Crippen molar-refractivity contribution >= 4 is 72.5 Å². The Hall–Kier alpha value is 0.200. The van der Waals surface area contributed by atoms with E-state index < -0.39 is 89.5 Å². The number of carbonyl (C=O) groups is 1. The molecule has 0 bridgehead atoms. The normalized spacial score (nSPS) is 31.4. The zero-order valence-electron chi connectivity index (χ0n) is 26.1. The number of carbonyl (C=O) groups excluding carboxylic acids is 1. The Kier molecular flexibility index (Phi) is 13.6. The number of hydrogen-bond donors (Lipinski definition) is 4. The molecule has 3 saturated heterocycles. The van der Waals surface area contributed by atoms with Crippen LogP contribution in [0.5, 0.6) is 0 Å². The number of thiazole rings is 1. The van der Waals surface area contributed by atoms with Gasteiger partial charge in [-0.05, 0) is 13.8 Å². The maximum absolute atomic E-state index is 12.5. The van der Waals surface area contributed by atoms with Crippen LogP contribution in [0.2, 0.25) is 0 Å². The van der Waals surface area contributed by atoms with E-state index in [1.165, 1.54) is 16.3 Å². The van der Waals surface area contributed by atoms with Gasteiger partial charge < -0.3 is 59.5 Å². The molecule has 1 amide bonds. The standard InChI is InChI=1S/C22H28IN7O14P2S.2Na/c1-22(2)42-13-9(40-15(14(13)43-22)19-27-7(5-47-19)17(25)33)4-39-46(36,37)44-45(34,35)38-3-8-11(31)12(32)20(41-8)30-6-26-10-16(24)28-21(23)29-18(10)30;;/h5-6,8-9,11-15,20,31-32H,3-4H2,1-2H3,(H2,25,33)(H,34,35)(H,36,37)(H2,24,28,29);;/q;2*+1/p-2/t8-,9-,11-,12-,13-,14-,15-,20-;;/m1../s1. The van der Waals surface area contributed by atoms with Crippen molar-refractivity contribution in [1.29, 1.82) is 0 Å². The summed E-state index contributed by atoms with van der Waals surface area (Å²) >= 11 is 2.88. The zero-order chi connectivity index (χ0) is 34.1. The molecule has 0 aliphatic carbocycles. The van der Waals surface area contributed by atoms with Crippen molar-refractivity contribution in [3.05, 3.63) is 26.2 Å². The number of aromatic nitrogens is 5. The van der Waals surface area contributed by atoms with Crippen molar-refractivity contribution < 1.29 is 125 Å². The number of aliphatic hydroxyl groups is 2. The minimum atomic E-state index is -5.64. The largest absolute Gasteiger partial charge is 1.00 e. The number of phosphoric acid groups is 2. The van der Waals surface area contributed by atoms with Gasteiger partial charge in [-0.25, -0.2) is 24.2 Å². The molecule has 0 aromatic carbocycles. The summed E-state index contributed by atoms with van der Waals surface area (Å²) in [4.78, 5) is 52.9. The van der Waals surface area contributed by atoms with E-state index in [9.17, 15) is 33.9 Å². The Balaban J connectivity index is 0.00000270. The van der Waals surface area contributed by atoms with Crippen LogP contribution >= 0.6 is 49.6 Å². The van der Waals surface area contributed by atoms with E-state index in [2.05, 4.69) is 28.8 Å². The van der Waals surface area contributed by atoms with E-state index in [0.717, 1.165) is 11.3 Å². The Bertz CT molecular complexity index is 1790. The first-order valence-corrected chi connectivity index (χ1v) is 18.4. The average Bonchev–Trinajstić information content (AvgIpc) is 3.77. The van der Waals surface area contributed by atoms with E-state index in [4.69, 9.17) is 34.9 Å². The summed E-state index contributed by atoms with van der Waals surface area (Å²) in [6.07, 6.45) is -8.45. The summed E-state index contributed by atoms with van der Waals surface area (Å²) in [7, 11) is -11.3. The molecule has 0 radical (unpaired) electrons. The van der Waals surface area contributed by atoms with Gasteiger partial charge in [-0.3, -0.25) is 18.5 Å². The van der Waals surface area contributed by atoms with Crippen molar-refractivity contribution in [3.63, 3.8) is 0 Å². The molecule has 3 aliphatic rings. The molecule has 49 heavy (non-hydrogen) atoms. The molecular formula is C22H26IN7Na2O14P2S. The number of halogens is 1. The molecule has 0 spiro atoms. The molecule has 27 heteroatoms. The molecule has 3 aliphatic heterocycles. The molecule has 6 heterocycles. The third-order valence-corrected chi connectivity index (χ3v) is 11.1. The van der Waals surface area contributed by atoms with Crippen LogP contribution in [0, 0.1) is 3.83 Å². The Morgan fingerprint density at radius 2 is 1.69 bits per heavy atom. The molecule has 6 N–H and O–H groups in total. The first-order valence-electron chi connectivity index (χ1n) is 13.5. The number of fused-ring (bicyclic) bond motifs is 2. The summed E-state index contributed by atoms with van der Waals surface area (Å²) in [6.45, 7) is 1.54. The van der Waals surface area contributed by atoms with Gasteiger partial charge in [0, 0.05) is 28.0 Å². The second kappa shape index (κ2) is 15.9. The number of aliphatic hydroxyl groups excluding tert-OH is 2. The third kappa shape index (κ3) is 9.12. The summed E-state index contributed by atoms with van der Waals surface area (Å²) in [6, 6.07) is 0. The van der Waals surface area contributed by atoms with Gasteiger partial charge in [-0.2, -0.15) is 0 Å². The van der Waals surface area contributed by atoms with Crippen LogP contribution in [0.4, 0.5) is 5.82 Å². The van der Waals surface area contributed by atoms with Crippen molar-refractivity contribution in [3.8, 4) is 0 Å². The maximum atomic E-state index is 12.5. The second-order valence-corrected chi connectivity index (χ2v) is 15.7. The predicted molar refractivity (Wildman–Crippen MR) is 159 cm³/mol. The average molecular weight is 879 g/mol. The molecule has 21 nitrogen and oxygen atoms in total. The molecule has 3 aromatic heterocycles. The Morgan fingerprint density at radius 3 is 2.33 bits per heavy atom. The SMILES string of the molecule is CC1(C)O[C@@H]2[C@H](O1)[C@@H](COP(=O)([O-])OP(=O)([O-])OC[C@H]1O[C@@H](n3cnc4c(N)nc(I)nc43)[C@H](O)[C@@H]1O)O[C@H]2c1nc(C(N)=O)cs1.[Na+].[Na+]. The third-order valence-electron chi connectivity index (χ3n) is 7.19. The number of ether oxygens (including phenoxy) is 4. The van der Waals surface area contributed by atoms with Gasteiger partial charge in [0.05, 0.1) is 19.5 Å². The van der Waals surface area contributed by atoms with Crippen LogP contribution in [-0.2, 0) is 41.4 Å².